The van der Waals surface area contributed by atoms with Gasteiger partial charge in [0.1, 0.15) is 11.6 Å². The molecular formula is C16H19N3O5. The maximum absolute atomic E-state index is 12.5. The first-order chi connectivity index (χ1) is 11.6. The molecule has 0 amide bonds. The first kappa shape index (κ1) is 16.1. The van der Waals surface area contributed by atoms with E-state index in [1.54, 1.807) is 7.11 Å². The van der Waals surface area contributed by atoms with Gasteiger partial charge in [0.15, 0.2) is 6.23 Å². The highest BCUT2D eigenvalue weighted by Gasteiger charge is 2.27. The molecule has 0 saturated carbocycles. The average molecular weight is 333 g/mol. The Bertz CT molecular complexity index is 778. The van der Waals surface area contributed by atoms with Crippen molar-refractivity contribution in [2.45, 2.75) is 38.5 Å². The Morgan fingerprint density at radius 3 is 2.79 bits per heavy atom. The van der Waals surface area contributed by atoms with Crippen LogP contribution in [-0.2, 0) is 24.1 Å². The molecule has 3 rings (SSSR count). The summed E-state index contributed by atoms with van der Waals surface area (Å²) in [6.07, 6.45) is 0.352. The van der Waals surface area contributed by atoms with E-state index < -0.39 is 12.4 Å². The van der Waals surface area contributed by atoms with Gasteiger partial charge in [0.05, 0.1) is 13.7 Å². The second-order valence-corrected chi connectivity index (χ2v) is 5.62. The van der Waals surface area contributed by atoms with Gasteiger partial charge in [-0.2, -0.15) is 5.10 Å². The minimum Gasteiger partial charge on any atom is -0.497 e. The van der Waals surface area contributed by atoms with Crippen LogP contribution in [-0.4, -0.2) is 32.7 Å². The molecule has 1 N–H and O–H groups in total. The summed E-state index contributed by atoms with van der Waals surface area (Å²) >= 11 is 0. The second-order valence-electron chi connectivity index (χ2n) is 5.62. The molecular weight excluding hydrogens is 314 g/mol. The van der Waals surface area contributed by atoms with Crippen LogP contribution < -0.4 is 10.4 Å². The molecule has 0 bridgehead atoms. The normalized spacial score (nSPS) is 16.5. The van der Waals surface area contributed by atoms with E-state index in [9.17, 15) is 9.59 Å². The number of carboxylic acid groups (broad SMARTS) is 1. The van der Waals surface area contributed by atoms with E-state index in [-0.39, 0.29) is 5.69 Å². The number of ether oxygens (including phenoxy) is 2. The smallest absolute Gasteiger partial charge is 0.497 e. The third kappa shape index (κ3) is 3.27. The highest BCUT2D eigenvalue weighted by Crippen LogP contribution is 2.23. The van der Waals surface area contributed by atoms with Crippen molar-refractivity contribution in [2.75, 3.05) is 7.11 Å². The first-order valence-electron chi connectivity index (χ1n) is 7.79. The molecule has 1 aliphatic heterocycles. The molecule has 0 saturated heterocycles. The Labute approximate surface area is 138 Å². The highest BCUT2D eigenvalue weighted by molar-refractivity contribution is 5.56. The van der Waals surface area contributed by atoms with Gasteiger partial charge in [0.25, 0.3) is 0 Å². The molecule has 1 aliphatic rings. The fraction of sp³-hybridized carbons (Fsp3) is 0.438. The molecule has 8 nitrogen and oxygen atoms in total. The van der Waals surface area contributed by atoms with Crippen LogP contribution in [0.15, 0.2) is 29.1 Å². The fourth-order valence-electron chi connectivity index (χ4n) is 2.89. The van der Waals surface area contributed by atoms with E-state index in [1.807, 2.05) is 24.3 Å². The van der Waals surface area contributed by atoms with Gasteiger partial charge in [-0.1, -0.05) is 12.1 Å². The molecule has 2 aromatic rings. The quantitative estimate of drug-likeness (QED) is 0.839. The van der Waals surface area contributed by atoms with Crippen molar-refractivity contribution in [2.24, 2.45) is 0 Å². The number of hydrogen-bond acceptors (Lipinski definition) is 5. The Morgan fingerprint density at radius 2 is 2.12 bits per heavy atom. The number of aryl methyl sites for hydroxylation is 3. The predicted molar refractivity (Wildman–Crippen MR) is 84.3 cm³/mol. The summed E-state index contributed by atoms with van der Waals surface area (Å²) in [7, 11) is 1.61. The molecule has 128 valence electrons. The van der Waals surface area contributed by atoms with E-state index in [0.717, 1.165) is 17.7 Å². The maximum atomic E-state index is 12.5. The van der Waals surface area contributed by atoms with E-state index in [1.165, 1.54) is 9.25 Å². The van der Waals surface area contributed by atoms with E-state index in [4.69, 9.17) is 14.6 Å². The number of methoxy groups -OCH3 is 1. The maximum Gasteiger partial charge on any atom is 0.507 e. The zero-order chi connectivity index (χ0) is 17.1. The number of aromatic nitrogens is 3. The van der Waals surface area contributed by atoms with Crippen molar-refractivity contribution in [1.82, 2.24) is 14.3 Å². The molecule has 0 aliphatic carbocycles. The minimum atomic E-state index is -1.38. The summed E-state index contributed by atoms with van der Waals surface area (Å²) in [5.74, 6) is 1.36. The molecule has 0 spiro atoms. The lowest BCUT2D eigenvalue weighted by atomic mass is 10.1. The van der Waals surface area contributed by atoms with Crippen LogP contribution in [0.1, 0.15) is 30.5 Å². The number of nitrogens with zero attached hydrogens (tertiary/aromatic N) is 3. The van der Waals surface area contributed by atoms with Gasteiger partial charge in [-0.05, 0) is 30.5 Å². The van der Waals surface area contributed by atoms with Gasteiger partial charge < -0.3 is 14.6 Å². The van der Waals surface area contributed by atoms with Crippen molar-refractivity contribution >= 4 is 6.16 Å². The standard InChI is InChI=1S/C16H19N3O5/c1-23-12-7-5-11(6-8-12)9-10-18-15(20)19-13(17-18)3-2-4-14(19)24-16(21)22/h5-8,14H,2-4,9-10H2,1H3,(H,21,22)/t14-/m0/s1. The number of fused-ring (bicyclic) bond motifs is 1. The van der Waals surface area contributed by atoms with Crippen LogP contribution in [0.3, 0.4) is 0 Å². The second kappa shape index (κ2) is 6.77. The minimum absolute atomic E-state index is 0.329. The van der Waals surface area contributed by atoms with Gasteiger partial charge in [-0.3, -0.25) is 0 Å². The number of rotatable bonds is 5. The van der Waals surface area contributed by atoms with Crippen LogP contribution in [0.4, 0.5) is 4.79 Å². The van der Waals surface area contributed by atoms with Gasteiger partial charge >= 0.3 is 11.8 Å². The van der Waals surface area contributed by atoms with Gasteiger partial charge in [0, 0.05) is 12.8 Å². The zero-order valence-corrected chi connectivity index (χ0v) is 13.3. The molecule has 0 unspecified atom stereocenters. The molecule has 0 radical (unpaired) electrons. The van der Waals surface area contributed by atoms with Crippen molar-refractivity contribution in [3.05, 3.63) is 46.1 Å². The Hall–Kier alpha value is -2.77. The van der Waals surface area contributed by atoms with Gasteiger partial charge in [-0.15, -0.1) is 0 Å². The SMILES string of the molecule is COc1ccc(CCn2nc3n(c2=O)[C@@H](OC(=O)O)CCC3)cc1. The summed E-state index contributed by atoms with van der Waals surface area (Å²) in [4.78, 5) is 23.3. The van der Waals surface area contributed by atoms with E-state index in [0.29, 0.717) is 31.6 Å². The zero-order valence-electron chi connectivity index (χ0n) is 13.3. The lowest BCUT2D eigenvalue weighted by molar-refractivity contribution is 0.00391. The molecule has 2 heterocycles. The Balaban J connectivity index is 1.76. The van der Waals surface area contributed by atoms with E-state index >= 15 is 0 Å². The molecule has 8 heteroatoms. The summed E-state index contributed by atoms with van der Waals surface area (Å²) in [6, 6.07) is 7.62. The van der Waals surface area contributed by atoms with Crippen molar-refractivity contribution in [1.29, 1.82) is 0 Å². The van der Waals surface area contributed by atoms with Crippen LogP contribution in [0, 0.1) is 0 Å². The largest absolute Gasteiger partial charge is 0.507 e. The van der Waals surface area contributed by atoms with Crippen LogP contribution in [0.25, 0.3) is 0 Å². The van der Waals surface area contributed by atoms with Gasteiger partial charge in [-0.25, -0.2) is 18.8 Å². The van der Waals surface area contributed by atoms with Crippen LogP contribution in [0.2, 0.25) is 0 Å². The lowest BCUT2D eigenvalue weighted by Crippen LogP contribution is -2.33. The lowest BCUT2D eigenvalue weighted by Gasteiger charge is -2.21. The fourth-order valence-corrected chi connectivity index (χ4v) is 2.89. The highest BCUT2D eigenvalue weighted by atomic mass is 16.7. The van der Waals surface area contributed by atoms with Crippen molar-refractivity contribution in [3.8, 4) is 5.75 Å². The topological polar surface area (TPSA) is 95.6 Å². The average Bonchev–Trinajstić information content (AvgIpc) is 2.90. The van der Waals surface area contributed by atoms with E-state index in [2.05, 4.69) is 5.10 Å². The van der Waals surface area contributed by atoms with Crippen molar-refractivity contribution < 1.29 is 19.4 Å². The molecule has 24 heavy (non-hydrogen) atoms. The summed E-state index contributed by atoms with van der Waals surface area (Å²) in [6.45, 7) is 0.422. The third-order valence-electron chi connectivity index (χ3n) is 4.09. The summed E-state index contributed by atoms with van der Waals surface area (Å²) < 4.78 is 12.7. The van der Waals surface area contributed by atoms with Crippen LogP contribution >= 0.6 is 0 Å². The molecule has 1 atom stereocenters. The molecule has 1 aromatic heterocycles. The number of benzene rings is 1. The number of carbonyl (C=O) groups is 1. The van der Waals surface area contributed by atoms with Crippen LogP contribution in [0.5, 0.6) is 5.75 Å². The number of hydrogen-bond donors (Lipinski definition) is 1. The first-order valence-corrected chi connectivity index (χ1v) is 7.79. The van der Waals surface area contributed by atoms with Crippen molar-refractivity contribution in [3.63, 3.8) is 0 Å². The van der Waals surface area contributed by atoms with Gasteiger partial charge in [0.2, 0.25) is 0 Å². The predicted octanol–water partition coefficient (Wildman–Crippen LogP) is 1.83. The monoisotopic (exact) mass is 333 g/mol. The molecule has 0 fully saturated rings. The third-order valence-corrected chi connectivity index (χ3v) is 4.09. The Kier molecular flexibility index (Phi) is 4.54. The Morgan fingerprint density at radius 1 is 1.38 bits per heavy atom. The summed E-state index contributed by atoms with van der Waals surface area (Å²) in [5, 5.41) is 13.1. The molecule has 1 aromatic carbocycles. The summed E-state index contributed by atoms with van der Waals surface area (Å²) in [5.41, 5.74) is 0.733.